The van der Waals surface area contributed by atoms with Crippen molar-refractivity contribution < 1.29 is 17.9 Å². The van der Waals surface area contributed by atoms with Crippen molar-refractivity contribution in [2.45, 2.75) is 51.7 Å². The van der Waals surface area contributed by atoms with Gasteiger partial charge in [0.1, 0.15) is 5.78 Å². The Labute approximate surface area is 195 Å². The standard InChI is InChI=1S/C25H29N3O4S/c1-16-14-28(15-17(2)32-16)33(30,31)27-20-10-8-18(9-11-20)23-12-21(13-25(29)19-6-7-19)26-24-5-3-4-22(23)24/h3-4,8-12,16-17,19,27H,5-7,13-15H2,1-2H3. The number of hydrogen-bond donors (Lipinski definition) is 1. The molecule has 5 rings (SSSR count). The molecule has 0 spiro atoms. The molecule has 2 unspecified atom stereocenters. The van der Waals surface area contributed by atoms with E-state index in [1.54, 1.807) is 12.1 Å². The first-order valence-corrected chi connectivity index (χ1v) is 13.0. The van der Waals surface area contributed by atoms with E-state index < -0.39 is 10.2 Å². The minimum absolute atomic E-state index is 0.143. The van der Waals surface area contributed by atoms with Crippen LogP contribution in [0, 0.1) is 5.92 Å². The lowest BCUT2D eigenvalue weighted by Crippen LogP contribution is -2.49. The molecule has 0 radical (unpaired) electrons. The van der Waals surface area contributed by atoms with Gasteiger partial charge in [0.25, 0.3) is 0 Å². The number of pyridine rings is 1. The van der Waals surface area contributed by atoms with Gasteiger partial charge in [-0.1, -0.05) is 24.3 Å². The predicted octanol–water partition coefficient (Wildman–Crippen LogP) is 3.61. The van der Waals surface area contributed by atoms with Crippen LogP contribution in [-0.4, -0.2) is 48.8 Å². The van der Waals surface area contributed by atoms with Crippen LogP contribution in [0.2, 0.25) is 0 Å². The molecule has 2 fully saturated rings. The SMILES string of the molecule is CC1CN(S(=O)(=O)Nc2ccc(-c3cc(CC(=O)C4CC4)nc4c3C=CC4)cc2)CC(C)O1. The molecule has 1 aromatic heterocycles. The quantitative estimate of drug-likeness (QED) is 0.672. The molecule has 8 heteroatoms. The third-order valence-electron chi connectivity index (χ3n) is 6.34. The summed E-state index contributed by atoms with van der Waals surface area (Å²) < 4.78 is 35.5. The highest BCUT2D eigenvalue weighted by atomic mass is 32.2. The van der Waals surface area contributed by atoms with Gasteiger partial charge in [-0.25, -0.2) is 0 Å². The fraction of sp³-hybridized carbons (Fsp3) is 0.440. The molecule has 1 N–H and O–H groups in total. The maximum Gasteiger partial charge on any atom is 0.301 e. The van der Waals surface area contributed by atoms with Gasteiger partial charge in [-0.05, 0) is 56.0 Å². The van der Waals surface area contributed by atoms with Gasteiger partial charge in [0.2, 0.25) is 0 Å². The molecule has 1 saturated carbocycles. The largest absolute Gasteiger partial charge is 0.373 e. The van der Waals surface area contributed by atoms with E-state index >= 15 is 0 Å². The molecule has 33 heavy (non-hydrogen) atoms. The smallest absolute Gasteiger partial charge is 0.301 e. The molecule has 2 aromatic rings. The first-order chi connectivity index (χ1) is 15.8. The van der Waals surface area contributed by atoms with E-state index in [1.807, 2.05) is 32.0 Å². The number of hydrogen-bond acceptors (Lipinski definition) is 5. The number of morpholine rings is 1. The number of rotatable bonds is 7. The highest BCUT2D eigenvalue weighted by molar-refractivity contribution is 7.90. The third kappa shape index (κ3) is 4.88. The number of nitrogens with one attached hydrogen (secondary N) is 1. The van der Waals surface area contributed by atoms with E-state index in [-0.39, 0.29) is 23.9 Å². The fourth-order valence-corrected chi connectivity index (χ4v) is 5.99. The first-order valence-electron chi connectivity index (χ1n) is 11.5. The Kier molecular flexibility index (Phi) is 5.84. The lowest BCUT2D eigenvalue weighted by Gasteiger charge is -2.34. The van der Waals surface area contributed by atoms with E-state index in [0.29, 0.717) is 25.2 Å². The van der Waals surface area contributed by atoms with Crippen LogP contribution in [0.1, 0.15) is 43.6 Å². The molecule has 0 bridgehead atoms. The number of ether oxygens (including phenoxy) is 1. The highest BCUT2D eigenvalue weighted by Crippen LogP contribution is 2.34. The fourth-order valence-electron chi connectivity index (χ4n) is 4.61. The number of aromatic nitrogens is 1. The lowest BCUT2D eigenvalue weighted by atomic mass is 9.97. The first kappa shape index (κ1) is 22.3. The highest BCUT2D eigenvalue weighted by Gasteiger charge is 2.31. The van der Waals surface area contributed by atoms with Gasteiger partial charge in [0.05, 0.1) is 17.9 Å². The molecule has 174 valence electrons. The van der Waals surface area contributed by atoms with Gasteiger partial charge >= 0.3 is 10.2 Å². The maximum atomic E-state index is 12.9. The summed E-state index contributed by atoms with van der Waals surface area (Å²) in [5.74, 6) is 0.488. The second-order valence-electron chi connectivity index (χ2n) is 9.30. The zero-order valence-electron chi connectivity index (χ0n) is 19.0. The third-order valence-corrected chi connectivity index (χ3v) is 7.81. The van der Waals surface area contributed by atoms with Gasteiger partial charge < -0.3 is 4.74 Å². The molecule has 1 aliphatic heterocycles. The van der Waals surface area contributed by atoms with Crippen molar-refractivity contribution in [1.82, 2.24) is 9.29 Å². The number of Topliss-reactive ketones (excluding diaryl/α,β-unsaturated/α-hetero) is 1. The molecule has 1 saturated heterocycles. The number of carbonyl (C=O) groups excluding carboxylic acids is 1. The number of anilines is 1. The Morgan fingerprint density at radius 2 is 1.85 bits per heavy atom. The van der Waals surface area contributed by atoms with Gasteiger partial charge in [-0.3, -0.25) is 14.5 Å². The van der Waals surface area contributed by atoms with Crippen molar-refractivity contribution in [3.8, 4) is 11.1 Å². The Balaban J connectivity index is 1.36. The van der Waals surface area contributed by atoms with E-state index in [1.165, 1.54) is 4.31 Å². The van der Waals surface area contributed by atoms with Gasteiger partial charge in [-0.2, -0.15) is 12.7 Å². The normalized spacial score (nSPS) is 22.8. The monoisotopic (exact) mass is 467 g/mol. The summed E-state index contributed by atoms with van der Waals surface area (Å²) in [5, 5.41) is 0. The van der Waals surface area contributed by atoms with E-state index in [2.05, 4.69) is 16.9 Å². The van der Waals surface area contributed by atoms with Gasteiger partial charge in [0, 0.05) is 48.8 Å². The molecule has 2 atom stereocenters. The second-order valence-corrected chi connectivity index (χ2v) is 11.0. The van der Waals surface area contributed by atoms with Crippen LogP contribution in [0.15, 0.2) is 36.4 Å². The molecule has 3 aliphatic rings. The van der Waals surface area contributed by atoms with Crippen LogP contribution >= 0.6 is 0 Å². The summed E-state index contributed by atoms with van der Waals surface area (Å²) in [5.41, 5.74) is 5.38. The molecule has 2 aliphatic carbocycles. The number of allylic oxidation sites excluding steroid dienone is 1. The number of fused-ring (bicyclic) bond motifs is 1. The summed E-state index contributed by atoms with van der Waals surface area (Å²) in [6.07, 6.45) is 7.00. The predicted molar refractivity (Wildman–Crippen MR) is 128 cm³/mol. The average Bonchev–Trinajstić information content (AvgIpc) is 3.51. The number of nitrogens with zero attached hydrogens (tertiary/aromatic N) is 2. The zero-order chi connectivity index (χ0) is 23.2. The zero-order valence-corrected chi connectivity index (χ0v) is 19.8. The number of benzene rings is 1. The van der Waals surface area contributed by atoms with Crippen molar-refractivity contribution in [3.63, 3.8) is 0 Å². The van der Waals surface area contributed by atoms with Crippen LogP contribution in [0.25, 0.3) is 17.2 Å². The topological polar surface area (TPSA) is 88.6 Å². The van der Waals surface area contributed by atoms with Crippen molar-refractivity contribution >= 4 is 27.8 Å². The molecule has 1 aromatic carbocycles. The number of carbonyl (C=O) groups is 1. The lowest BCUT2D eigenvalue weighted by molar-refractivity contribution is -0.119. The average molecular weight is 468 g/mol. The second kappa shape index (κ2) is 8.66. The van der Waals surface area contributed by atoms with Crippen molar-refractivity contribution in [1.29, 1.82) is 0 Å². The Hall–Kier alpha value is -2.55. The summed E-state index contributed by atoms with van der Waals surface area (Å²) in [6.45, 7) is 4.41. The summed E-state index contributed by atoms with van der Waals surface area (Å²) in [6, 6.07) is 9.39. The minimum Gasteiger partial charge on any atom is -0.373 e. The molecule has 0 amide bonds. The van der Waals surface area contributed by atoms with E-state index in [9.17, 15) is 13.2 Å². The number of ketones is 1. The van der Waals surface area contributed by atoms with Gasteiger partial charge in [-0.15, -0.1) is 0 Å². The molecule has 7 nitrogen and oxygen atoms in total. The Morgan fingerprint density at radius 3 is 2.52 bits per heavy atom. The Morgan fingerprint density at radius 1 is 1.15 bits per heavy atom. The van der Waals surface area contributed by atoms with Crippen LogP contribution in [0.4, 0.5) is 5.69 Å². The van der Waals surface area contributed by atoms with E-state index in [0.717, 1.165) is 47.3 Å². The summed E-state index contributed by atoms with van der Waals surface area (Å²) in [7, 11) is -3.67. The summed E-state index contributed by atoms with van der Waals surface area (Å²) >= 11 is 0. The summed E-state index contributed by atoms with van der Waals surface area (Å²) in [4.78, 5) is 17.1. The van der Waals surface area contributed by atoms with Gasteiger partial charge in [0.15, 0.2) is 0 Å². The van der Waals surface area contributed by atoms with Crippen LogP contribution in [-0.2, 0) is 32.6 Å². The van der Waals surface area contributed by atoms with Crippen molar-refractivity contribution in [2.24, 2.45) is 5.92 Å². The minimum atomic E-state index is -3.67. The Bertz CT molecular complexity index is 1190. The van der Waals surface area contributed by atoms with Crippen LogP contribution in [0.5, 0.6) is 0 Å². The van der Waals surface area contributed by atoms with Crippen LogP contribution in [0.3, 0.4) is 0 Å². The maximum absolute atomic E-state index is 12.9. The molecular weight excluding hydrogens is 438 g/mol. The van der Waals surface area contributed by atoms with Crippen molar-refractivity contribution in [3.05, 3.63) is 53.4 Å². The molecular formula is C25H29N3O4S. The molecule has 2 heterocycles. The van der Waals surface area contributed by atoms with Crippen LogP contribution < -0.4 is 4.72 Å². The van der Waals surface area contributed by atoms with E-state index in [4.69, 9.17) is 9.72 Å². The van der Waals surface area contributed by atoms with Crippen molar-refractivity contribution in [2.75, 3.05) is 17.8 Å².